The van der Waals surface area contributed by atoms with E-state index in [0.29, 0.717) is 40.5 Å². The second-order valence-corrected chi connectivity index (χ2v) is 11.2. The number of carbonyl (C=O) groups is 1. The van der Waals surface area contributed by atoms with Crippen LogP contribution in [-0.4, -0.2) is 73.9 Å². The molecular weight excluding hydrogens is 508 g/mol. The molecule has 0 unspecified atom stereocenters. The molecule has 11 nitrogen and oxygen atoms in total. The molecule has 2 fully saturated rings. The van der Waals surface area contributed by atoms with Gasteiger partial charge >= 0.3 is 11.8 Å². The van der Waals surface area contributed by atoms with Crippen molar-refractivity contribution >= 4 is 28.8 Å². The standard InChI is InChI=1S/C29H36N8O3/c1-17(2)23-24(18(3)9-10-31-23)37-27-22(13-21(14-30)25(32-27)34-11-7-6-8-12-34)26(33-28(37)38)35-15-20(5)36(29(39)40)16-19(35)4/h9-10,13,17,19-20H,6-8,11-12,15-16H2,1-5H3,(H,39,40)/t19-,20+/m0/s1. The second kappa shape index (κ2) is 10.8. The van der Waals surface area contributed by atoms with E-state index in [2.05, 4.69) is 20.9 Å². The number of piperidine rings is 1. The number of piperazine rings is 1. The average molecular weight is 545 g/mol. The summed E-state index contributed by atoms with van der Waals surface area (Å²) in [6, 6.07) is 5.46. The molecule has 2 aliphatic heterocycles. The van der Waals surface area contributed by atoms with E-state index in [1.807, 2.05) is 45.6 Å². The van der Waals surface area contributed by atoms with Gasteiger partial charge in [0.05, 0.1) is 22.3 Å². The summed E-state index contributed by atoms with van der Waals surface area (Å²) in [7, 11) is 0. The van der Waals surface area contributed by atoms with Crippen LogP contribution in [0, 0.1) is 18.3 Å². The topological polar surface area (TPSA) is 131 Å². The van der Waals surface area contributed by atoms with Crippen molar-refractivity contribution in [3.63, 3.8) is 0 Å². The molecule has 3 aromatic heterocycles. The number of rotatable bonds is 4. The second-order valence-electron chi connectivity index (χ2n) is 11.2. The minimum Gasteiger partial charge on any atom is -0.465 e. The van der Waals surface area contributed by atoms with Crippen LogP contribution in [0.4, 0.5) is 16.4 Å². The summed E-state index contributed by atoms with van der Waals surface area (Å²) in [6.07, 6.45) is 3.94. The van der Waals surface area contributed by atoms with Crippen molar-refractivity contribution in [1.82, 2.24) is 24.4 Å². The Morgan fingerprint density at radius 1 is 1.10 bits per heavy atom. The summed E-state index contributed by atoms with van der Waals surface area (Å²) in [6.45, 7) is 12.0. The molecule has 2 aliphatic rings. The van der Waals surface area contributed by atoms with Crippen molar-refractivity contribution in [2.24, 2.45) is 0 Å². The normalized spacial score (nSPS) is 19.8. The van der Waals surface area contributed by atoms with Crippen LogP contribution in [0.2, 0.25) is 0 Å². The first-order valence-corrected chi connectivity index (χ1v) is 14.0. The lowest BCUT2D eigenvalue weighted by atomic mass is 10.0. The third kappa shape index (κ3) is 4.72. The maximum absolute atomic E-state index is 14.0. The van der Waals surface area contributed by atoms with Gasteiger partial charge < -0.3 is 19.8 Å². The van der Waals surface area contributed by atoms with E-state index >= 15 is 0 Å². The van der Waals surface area contributed by atoms with Crippen molar-refractivity contribution in [3.8, 4) is 11.8 Å². The number of fused-ring (bicyclic) bond motifs is 1. The van der Waals surface area contributed by atoms with Crippen LogP contribution in [0.1, 0.15) is 69.7 Å². The van der Waals surface area contributed by atoms with E-state index in [1.54, 1.807) is 16.8 Å². The number of anilines is 2. The number of aryl methyl sites for hydroxylation is 1. The highest BCUT2D eigenvalue weighted by atomic mass is 16.4. The van der Waals surface area contributed by atoms with Gasteiger partial charge in [-0.15, -0.1) is 0 Å². The number of pyridine rings is 2. The number of aromatic nitrogens is 4. The molecule has 3 aromatic rings. The molecule has 5 heterocycles. The molecule has 2 atom stereocenters. The van der Waals surface area contributed by atoms with E-state index in [9.17, 15) is 20.0 Å². The predicted molar refractivity (Wildman–Crippen MR) is 154 cm³/mol. The fourth-order valence-electron chi connectivity index (χ4n) is 5.94. The Hall–Kier alpha value is -4.20. The molecule has 0 saturated carbocycles. The molecule has 2 saturated heterocycles. The molecule has 0 aliphatic carbocycles. The number of hydrogen-bond acceptors (Lipinski definition) is 8. The lowest BCUT2D eigenvalue weighted by Gasteiger charge is -2.43. The van der Waals surface area contributed by atoms with Gasteiger partial charge in [-0.1, -0.05) is 13.8 Å². The summed E-state index contributed by atoms with van der Waals surface area (Å²) in [5.74, 6) is 1.04. The lowest BCUT2D eigenvalue weighted by molar-refractivity contribution is 0.114. The van der Waals surface area contributed by atoms with Crippen LogP contribution < -0.4 is 15.5 Å². The van der Waals surface area contributed by atoms with Crippen molar-refractivity contribution in [3.05, 3.63) is 45.6 Å². The van der Waals surface area contributed by atoms with E-state index < -0.39 is 11.8 Å². The first kappa shape index (κ1) is 27.4. The summed E-state index contributed by atoms with van der Waals surface area (Å²) in [5, 5.41) is 20.4. The van der Waals surface area contributed by atoms with Gasteiger partial charge in [0.15, 0.2) is 5.65 Å². The Bertz CT molecular complexity index is 1550. The zero-order chi connectivity index (χ0) is 28.7. The van der Waals surface area contributed by atoms with Crippen LogP contribution in [0.15, 0.2) is 23.1 Å². The third-order valence-corrected chi connectivity index (χ3v) is 8.03. The highest BCUT2D eigenvalue weighted by molar-refractivity contribution is 5.91. The lowest BCUT2D eigenvalue weighted by Crippen LogP contribution is -2.58. The van der Waals surface area contributed by atoms with Crippen LogP contribution in [0.3, 0.4) is 0 Å². The van der Waals surface area contributed by atoms with E-state index in [-0.39, 0.29) is 24.5 Å². The van der Waals surface area contributed by atoms with Crippen LogP contribution >= 0.6 is 0 Å². The zero-order valence-electron chi connectivity index (χ0n) is 23.8. The molecule has 11 heteroatoms. The Morgan fingerprint density at radius 2 is 1.82 bits per heavy atom. The van der Waals surface area contributed by atoms with Gasteiger partial charge in [0.1, 0.15) is 17.7 Å². The van der Waals surface area contributed by atoms with Gasteiger partial charge in [0.25, 0.3) is 0 Å². The van der Waals surface area contributed by atoms with Gasteiger partial charge in [0, 0.05) is 44.5 Å². The maximum atomic E-state index is 14.0. The van der Waals surface area contributed by atoms with E-state index in [1.165, 1.54) is 4.90 Å². The Morgan fingerprint density at radius 3 is 2.48 bits per heavy atom. The molecule has 0 aromatic carbocycles. The van der Waals surface area contributed by atoms with Gasteiger partial charge in [-0.2, -0.15) is 10.2 Å². The Labute approximate surface area is 233 Å². The van der Waals surface area contributed by atoms with Crippen LogP contribution in [0.25, 0.3) is 16.7 Å². The minimum absolute atomic E-state index is 0.0430. The molecule has 5 rings (SSSR count). The highest BCUT2D eigenvalue weighted by Crippen LogP contribution is 2.34. The quantitative estimate of drug-likeness (QED) is 0.517. The van der Waals surface area contributed by atoms with Crippen molar-refractivity contribution in [1.29, 1.82) is 5.26 Å². The zero-order valence-corrected chi connectivity index (χ0v) is 23.8. The SMILES string of the molecule is Cc1ccnc(C(C)C)c1-n1c(=O)nc(N2C[C@@H](C)N(C(=O)O)C[C@@H]2C)c2cc(C#N)c(N3CCCCC3)nc21. The predicted octanol–water partition coefficient (Wildman–Crippen LogP) is 4.05. The largest absolute Gasteiger partial charge is 0.465 e. The van der Waals surface area contributed by atoms with Crippen LogP contribution in [0.5, 0.6) is 0 Å². The summed E-state index contributed by atoms with van der Waals surface area (Å²) >= 11 is 0. The molecule has 0 radical (unpaired) electrons. The van der Waals surface area contributed by atoms with Crippen molar-refractivity contribution in [2.45, 2.75) is 71.9 Å². The molecule has 1 amide bonds. The molecular formula is C29H36N8O3. The smallest absolute Gasteiger partial charge is 0.407 e. The fraction of sp³-hybridized carbons (Fsp3) is 0.517. The van der Waals surface area contributed by atoms with E-state index in [4.69, 9.17) is 4.98 Å². The molecule has 0 bridgehead atoms. The van der Waals surface area contributed by atoms with Crippen molar-refractivity contribution < 1.29 is 9.90 Å². The van der Waals surface area contributed by atoms with Gasteiger partial charge in [-0.05, 0) is 63.6 Å². The average Bonchev–Trinajstić information content (AvgIpc) is 2.93. The molecule has 0 spiro atoms. The molecule has 1 N–H and O–H groups in total. The number of amides is 1. The van der Waals surface area contributed by atoms with Crippen LogP contribution in [-0.2, 0) is 0 Å². The van der Waals surface area contributed by atoms with Crippen molar-refractivity contribution in [2.75, 3.05) is 36.0 Å². The summed E-state index contributed by atoms with van der Waals surface area (Å²) in [4.78, 5) is 45.6. The van der Waals surface area contributed by atoms with Gasteiger partial charge in [-0.3, -0.25) is 4.98 Å². The Balaban J connectivity index is 1.81. The summed E-state index contributed by atoms with van der Waals surface area (Å²) < 4.78 is 1.55. The molecule has 210 valence electrons. The van der Waals surface area contributed by atoms with Gasteiger partial charge in [0.2, 0.25) is 0 Å². The first-order chi connectivity index (χ1) is 19.1. The molecule has 40 heavy (non-hydrogen) atoms. The fourth-order valence-corrected chi connectivity index (χ4v) is 5.94. The maximum Gasteiger partial charge on any atom is 0.407 e. The number of carboxylic acid groups (broad SMARTS) is 1. The number of hydrogen-bond donors (Lipinski definition) is 1. The van der Waals surface area contributed by atoms with E-state index in [0.717, 1.165) is 43.6 Å². The van der Waals surface area contributed by atoms with Gasteiger partial charge in [-0.25, -0.2) is 19.1 Å². The monoisotopic (exact) mass is 544 g/mol. The summed E-state index contributed by atoms with van der Waals surface area (Å²) in [5.41, 5.74) is 2.67. The highest BCUT2D eigenvalue weighted by Gasteiger charge is 2.35. The Kier molecular flexibility index (Phi) is 7.36. The number of nitrogens with zero attached hydrogens (tertiary/aromatic N) is 8. The first-order valence-electron chi connectivity index (χ1n) is 14.0. The third-order valence-electron chi connectivity index (χ3n) is 8.03. The minimum atomic E-state index is -0.972. The number of nitriles is 1.